The number of pyridine rings is 1. The van der Waals surface area contributed by atoms with Crippen molar-refractivity contribution in [1.82, 2.24) is 4.57 Å². The number of aliphatic hydroxyl groups is 1. The van der Waals surface area contributed by atoms with E-state index >= 15 is 0 Å². The van der Waals surface area contributed by atoms with E-state index in [9.17, 15) is 4.79 Å². The second kappa shape index (κ2) is 3.72. The summed E-state index contributed by atoms with van der Waals surface area (Å²) in [7, 11) is 0. The molecule has 2 heterocycles. The summed E-state index contributed by atoms with van der Waals surface area (Å²) in [4.78, 5) is 12.0. The minimum Gasteiger partial charge on any atom is -0.391 e. The zero-order valence-electron chi connectivity index (χ0n) is 9.37. The van der Waals surface area contributed by atoms with E-state index in [1.54, 1.807) is 17.6 Å². The van der Waals surface area contributed by atoms with E-state index in [0.29, 0.717) is 23.5 Å². The standard InChI is InChI=1S/C12H14N2O2/c1-3-8-5-14-10(11(8)13)4-7(2)9(6-15)12(14)16/h3-4,13,15H,5-6H2,1-2H3/b8-3+,13-11?. The lowest BCUT2D eigenvalue weighted by Gasteiger charge is -2.07. The van der Waals surface area contributed by atoms with Gasteiger partial charge in [-0.05, 0) is 31.1 Å². The fraction of sp³-hybridized carbons (Fsp3) is 0.333. The molecule has 4 nitrogen and oxygen atoms in total. The fourth-order valence-corrected chi connectivity index (χ4v) is 2.02. The monoisotopic (exact) mass is 218 g/mol. The number of nitrogens with zero attached hydrogens (tertiary/aromatic N) is 1. The second-order valence-electron chi connectivity index (χ2n) is 3.93. The lowest BCUT2D eigenvalue weighted by molar-refractivity contribution is 0.278. The third-order valence-electron chi connectivity index (χ3n) is 3.04. The molecular formula is C12H14N2O2. The van der Waals surface area contributed by atoms with E-state index in [1.165, 1.54) is 0 Å². The second-order valence-corrected chi connectivity index (χ2v) is 3.93. The first-order valence-corrected chi connectivity index (χ1v) is 5.18. The van der Waals surface area contributed by atoms with Gasteiger partial charge in [0.15, 0.2) is 0 Å². The summed E-state index contributed by atoms with van der Waals surface area (Å²) in [5.74, 6) is 0. The number of allylic oxidation sites excluding steroid dienone is 2. The van der Waals surface area contributed by atoms with Crippen LogP contribution in [0, 0.1) is 12.3 Å². The molecule has 0 radical (unpaired) electrons. The highest BCUT2D eigenvalue weighted by Crippen LogP contribution is 2.19. The predicted molar refractivity (Wildman–Crippen MR) is 61.9 cm³/mol. The van der Waals surface area contributed by atoms with Gasteiger partial charge in [0.25, 0.3) is 5.56 Å². The van der Waals surface area contributed by atoms with E-state index < -0.39 is 0 Å². The Balaban J connectivity index is 2.73. The number of rotatable bonds is 1. The summed E-state index contributed by atoms with van der Waals surface area (Å²) in [6.07, 6.45) is 1.85. The minimum atomic E-state index is -0.247. The molecule has 0 unspecified atom stereocenters. The van der Waals surface area contributed by atoms with Gasteiger partial charge in [0.05, 0.1) is 24.6 Å². The fourth-order valence-electron chi connectivity index (χ4n) is 2.02. The predicted octanol–water partition coefficient (Wildman–Crippen LogP) is 0.977. The Bertz CT molecular complexity index is 553. The molecule has 16 heavy (non-hydrogen) atoms. The van der Waals surface area contributed by atoms with Gasteiger partial charge in [-0.25, -0.2) is 0 Å². The maximum atomic E-state index is 12.0. The molecule has 1 aromatic rings. The lowest BCUT2D eigenvalue weighted by Crippen LogP contribution is -2.25. The molecule has 84 valence electrons. The highest BCUT2D eigenvalue weighted by molar-refractivity contribution is 6.11. The van der Waals surface area contributed by atoms with Crippen LogP contribution in [-0.2, 0) is 13.2 Å². The lowest BCUT2D eigenvalue weighted by atomic mass is 10.1. The molecule has 0 saturated heterocycles. The minimum absolute atomic E-state index is 0.181. The molecule has 0 bridgehead atoms. The van der Waals surface area contributed by atoms with Crippen molar-refractivity contribution in [1.29, 1.82) is 5.41 Å². The van der Waals surface area contributed by atoms with Gasteiger partial charge in [-0.15, -0.1) is 0 Å². The Kier molecular flexibility index (Phi) is 2.52. The zero-order chi connectivity index (χ0) is 11.9. The van der Waals surface area contributed by atoms with Crippen molar-refractivity contribution in [2.45, 2.75) is 27.0 Å². The molecule has 0 aliphatic carbocycles. The van der Waals surface area contributed by atoms with Gasteiger partial charge in [0, 0.05) is 5.56 Å². The number of aryl methyl sites for hydroxylation is 1. The van der Waals surface area contributed by atoms with Crippen molar-refractivity contribution in [2.24, 2.45) is 0 Å². The molecule has 1 aromatic heterocycles. The molecule has 0 saturated carbocycles. The van der Waals surface area contributed by atoms with Crippen LogP contribution in [0.3, 0.4) is 0 Å². The van der Waals surface area contributed by atoms with Crippen LogP contribution in [0.15, 0.2) is 22.5 Å². The topological polar surface area (TPSA) is 66.1 Å². The van der Waals surface area contributed by atoms with Crippen LogP contribution in [0.25, 0.3) is 0 Å². The molecule has 0 amide bonds. The van der Waals surface area contributed by atoms with Crippen LogP contribution in [0.4, 0.5) is 0 Å². The van der Waals surface area contributed by atoms with Crippen molar-refractivity contribution < 1.29 is 5.11 Å². The Morgan fingerprint density at radius 1 is 1.62 bits per heavy atom. The number of hydrogen-bond donors (Lipinski definition) is 2. The molecule has 0 fully saturated rings. The number of aliphatic hydroxyl groups excluding tert-OH is 1. The highest BCUT2D eigenvalue weighted by atomic mass is 16.3. The van der Waals surface area contributed by atoms with Gasteiger partial charge in [0.2, 0.25) is 0 Å². The van der Waals surface area contributed by atoms with E-state index in [0.717, 1.165) is 11.1 Å². The van der Waals surface area contributed by atoms with Gasteiger partial charge in [-0.1, -0.05) is 6.08 Å². The SMILES string of the molecule is C/C=C1\Cn2c(cc(C)c(CO)c2=O)C1=N. The first kappa shape index (κ1) is 10.8. The maximum Gasteiger partial charge on any atom is 0.257 e. The Labute approximate surface area is 93.4 Å². The molecule has 4 heteroatoms. The van der Waals surface area contributed by atoms with Gasteiger partial charge in [0.1, 0.15) is 0 Å². The summed E-state index contributed by atoms with van der Waals surface area (Å²) in [5.41, 5.74) is 2.90. The molecular weight excluding hydrogens is 204 g/mol. The summed E-state index contributed by atoms with van der Waals surface area (Å²) in [5, 5.41) is 17.1. The van der Waals surface area contributed by atoms with Crippen LogP contribution in [0.5, 0.6) is 0 Å². The van der Waals surface area contributed by atoms with Crippen LogP contribution < -0.4 is 5.56 Å². The zero-order valence-corrected chi connectivity index (χ0v) is 9.37. The summed E-state index contributed by atoms with van der Waals surface area (Å²) >= 11 is 0. The van der Waals surface area contributed by atoms with Gasteiger partial charge < -0.3 is 9.67 Å². The Morgan fingerprint density at radius 3 is 2.88 bits per heavy atom. The molecule has 2 rings (SSSR count). The summed E-state index contributed by atoms with van der Waals surface area (Å²) in [6.45, 7) is 3.84. The average molecular weight is 218 g/mol. The van der Waals surface area contributed by atoms with Crippen molar-refractivity contribution in [3.05, 3.63) is 44.9 Å². The molecule has 2 N–H and O–H groups in total. The van der Waals surface area contributed by atoms with Gasteiger partial charge in [-0.3, -0.25) is 10.2 Å². The molecule has 1 aliphatic rings. The first-order chi connectivity index (χ1) is 7.60. The van der Waals surface area contributed by atoms with E-state index in [-0.39, 0.29) is 12.2 Å². The molecule has 1 aliphatic heterocycles. The van der Waals surface area contributed by atoms with Crippen molar-refractivity contribution in [2.75, 3.05) is 0 Å². The third kappa shape index (κ3) is 1.34. The smallest absolute Gasteiger partial charge is 0.257 e. The largest absolute Gasteiger partial charge is 0.391 e. The van der Waals surface area contributed by atoms with Crippen molar-refractivity contribution >= 4 is 5.71 Å². The third-order valence-corrected chi connectivity index (χ3v) is 3.04. The van der Waals surface area contributed by atoms with E-state index in [4.69, 9.17) is 10.5 Å². The van der Waals surface area contributed by atoms with E-state index in [2.05, 4.69) is 0 Å². The number of nitrogens with one attached hydrogen (secondary N) is 1. The van der Waals surface area contributed by atoms with Crippen LogP contribution >= 0.6 is 0 Å². The summed E-state index contributed by atoms with van der Waals surface area (Å²) < 4.78 is 1.55. The Hall–Kier alpha value is -1.68. The van der Waals surface area contributed by atoms with Crippen LogP contribution in [0.1, 0.15) is 23.7 Å². The van der Waals surface area contributed by atoms with E-state index in [1.807, 2.05) is 13.0 Å². The highest BCUT2D eigenvalue weighted by Gasteiger charge is 2.23. The molecule has 0 atom stereocenters. The normalized spacial score (nSPS) is 16.9. The van der Waals surface area contributed by atoms with Crippen molar-refractivity contribution in [3.8, 4) is 0 Å². The Morgan fingerprint density at radius 2 is 2.31 bits per heavy atom. The number of fused-ring (bicyclic) bond motifs is 1. The van der Waals surface area contributed by atoms with Crippen LogP contribution in [0.2, 0.25) is 0 Å². The summed E-state index contributed by atoms with van der Waals surface area (Å²) in [6, 6.07) is 1.80. The maximum absolute atomic E-state index is 12.0. The molecule has 0 spiro atoms. The molecule has 0 aromatic carbocycles. The van der Waals surface area contributed by atoms with Crippen LogP contribution in [-0.4, -0.2) is 15.4 Å². The van der Waals surface area contributed by atoms with Gasteiger partial charge in [-0.2, -0.15) is 0 Å². The first-order valence-electron chi connectivity index (χ1n) is 5.18. The van der Waals surface area contributed by atoms with Crippen molar-refractivity contribution in [3.63, 3.8) is 0 Å². The quantitative estimate of drug-likeness (QED) is 0.737. The number of aromatic nitrogens is 1. The number of hydrogen-bond acceptors (Lipinski definition) is 3. The average Bonchev–Trinajstić information content (AvgIpc) is 2.57. The van der Waals surface area contributed by atoms with Gasteiger partial charge >= 0.3 is 0 Å².